The van der Waals surface area contributed by atoms with E-state index in [2.05, 4.69) is 16.0 Å². The second-order valence-corrected chi connectivity index (χ2v) is 6.21. The standard InChI is InChI=1S/C17H24FN3O2.ClH/c1-11(2)15(17(23)20-12-7-9-19-10-8-12)21-16(22)13-5-3-4-6-14(13)18;/h3-6,11-12,15,19H,7-10H2,1-2H3,(H,20,23)(H,21,22);1H. The number of halogens is 2. The van der Waals surface area contributed by atoms with E-state index in [0.29, 0.717) is 0 Å². The molecule has 1 atom stereocenters. The smallest absolute Gasteiger partial charge is 0.254 e. The molecule has 134 valence electrons. The molecule has 0 spiro atoms. The molecule has 1 fully saturated rings. The van der Waals surface area contributed by atoms with Crippen LogP contribution in [0.5, 0.6) is 0 Å². The Morgan fingerprint density at radius 1 is 1.21 bits per heavy atom. The molecule has 0 bridgehead atoms. The zero-order valence-electron chi connectivity index (χ0n) is 14.0. The van der Waals surface area contributed by atoms with Crippen molar-refractivity contribution in [3.05, 3.63) is 35.6 Å². The molecule has 0 radical (unpaired) electrons. The molecule has 1 aliphatic rings. The Hall–Kier alpha value is -1.66. The molecule has 0 aliphatic carbocycles. The average Bonchev–Trinajstić information content (AvgIpc) is 2.53. The molecule has 0 saturated carbocycles. The second kappa shape index (κ2) is 9.59. The highest BCUT2D eigenvalue weighted by molar-refractivity contribution is 5.97. The molecule has 1 aliphatic heterocycles. The van der Waals surface area contributed by atoms with Gasteiger partial charge in [-0.25, -0.2) is 4.39 Å². The van der Waals surface area contributed by atoms with Gasteiger partial charge in [0.1, 0.15) is 11.9 Å². The van der Waals surface area contributed by atoms with Gasteiger partial charge in [0.15, 0.2) is 0 Å². The molecular weight excluding hydrogens is 333 g/mol. The Morgan fingerprint density at radius 2 is 1.83 bits per heavy atom. The van der Waals surface area contributed by atoms with Crippen molar-refractivity contribution in [3.8, 4) is 0 Å². The third-order valence-corrected chi connectivity index (χ3v) is 4.04. The highest BCUT2D eigenvalue weighted by Crippen LogP contribution is 2.10. The first-order chi connectivity index (χ1) is 11.0. The Morgan fingerprint density at radius 3 is 2.42 bits per heavy atom. The summed E-state index contributed by atoms with van der Waals surface area (Å²) in [6.07, 6.45) is 1.75. The van der Waals surface area contributed by atoms with Crippen LogP contribution in [0.25, 0.3) is 0 Å². The Labute approximate surface area is 148 Å². The van der Waals surface area contributed by atoms with E-state index in [9.17, 15) is 14.0 Å². The normalized spacial score (nSPS) is 16.2. The summed E-state index contributed by atoms with van der Waals surface area (Å²) in [6.45, 7) is 5.46. The maximum Gasteiger partial charge on any atom is 0.254 e. The van der Waals surface area contributed by atoms with Crippen LogP contribution in [-0.4, -0.2) is 37.0 Å². The summed E-state index contributed by atoms with van der Waals surface area (Å²) in [4.78, 5) is 24.7. The average molecular weight is 358 g/mol. The minimum Gasteiger partial charge on any atom is -0.351 e. The van der Waals surface area contributed by atoms with E-state index in [1.54, 1.807) is 6.07 Å². The monoisotopic (exact) mass is 357 g/mol. The Kier molecular flexibility index (Phi) is 8.15. The van der Waals surface area contributed by atoms with E-state index >= 15 is 0 Å². The van der Waals surface area contributed by atoms with Crippen molar-refractivity contribution in [2.24, 2.45) is 5.92 Å². The van der Waals surface area contributed by atoms with E-state index in [1.165, 1.54) is 18.2 Å². The van der Waals surface area contributed by atoms with Gasteiger partial charge in [-0.3, -0.25) is 9.59 Å². The molecule has 5 nitrogen and oxygen atoms in total. The lowest BCUT2D eigenvalue weighted by Gasteiger charge is -2.28. The van der Waals surface area contributed by atoms with Crippen molar-refractivity contribution >= 4 is 24.2 Å². The maximum absolute atomic E-state index is 13.7. The summed E-state index contributed by atoms with van der Waals surface area (Å²) in [7, 11) is 0. The fourth-order valence-corrected chi connectivity index (χ4v) is 2.66. The zero-order valence-corrected chi connectivity index (χ0v) is 14.8. The van der Waals surface area contributed by atoms with Gasteiger partial charge >= 0.3 is 0 Å². The summed E-state index contributed by atoms with van der Waals surface area (Å²) in [5.74, 6) is -1.46. The number of hydrogen-bond acceptors (Lipinski definition) is 3. The van der Waals surface area contributed by atoms with Crippen LogP contribution in [0.4, 0.5) is 4.39 Å². The van der Waals surface area contributed by atoms with Crippen molar-refractivity contribution < 1.29 is 14.0 Å². The number of carbonyl (C=O) groups excluding carboxylic acids is 2. The third kappa shape index (κ3) is 5.46. The van der Waals surface area contributed by atoms with Crippen LogP contribution in [-0.2, 0) is 4.79 Å². The summed E-state index contributed by atoms with van der Waals surface area (Å²) in [6, 6.07) is 5.20. The Balaban J connectivity index is 0.00000288. The molecule has 24 heavy (non-hydrogen) atoms. The van der Waals surface area contributed by atoms with Gasteiger partial charge in [-0.15, -0.1) is 12.4 Å². The lowest BCUT2D eigenvalue weighted by Crippen LogP contribution is -2.53. The topological polar surface area (TPSA) is 70.2 Å². The first-order valence-corrected chi connectivity index (χ1v) is 8.05. The molecule has 7 heteroatoms. The Bertz CT molecular complexity index is 563. The van der Waals surface area contributed by atoms with Crippen LogP contribution in [0, 0.1) is 11.7 Å². The maximum atomic E-state index is 13.7. The molecule has 1 heterocycles. The van der Waals surface area contributed by atoms with Gasteiger partial charge < -0.3 is 16.0 Å². The van der Waals surface area contributed by atoms with Crippen LogP contribution in [0.3, 0.4) is 0 Å². The number of rotatable bonds is 5. The highest BCUT2D eigenvalue weighted by Gasteiger charge is 2.27. The van der Waals surface area contributed by atoms with Crippen LogP contribution < -0.4 is 16.0 Å². The van der Waals surface area contributed by atoms with Gasteiger partial charge in [0.25, 0.3) is 5.91 Å². The van der Waals surface area contributed by atoms with Gasteiger partial charge in [0.2, 0.25) is 5.91 Å². The van der Waals surface area contributed by atoms with Gasteiger partial charge in [-0.05, 0) is 44.0 Å². The lowest BCUT2D eigenvalue weighted by molar-refractivity contribution is -0.124. The molecule has 0 aromatic heterocycles. The van der Waals surface area contributed by atoms with Crippen molar-refractivity contribution in [3.63, 3.8) is 0 Å². The summed E-state index contributed by atoms with van der Waals surface area (Å²) >= 11 is 0. The van der Waals surface area contributed by atoms with Crippen molar-refractivity contribution in [2.75, 3.05) is 13.1 Å². The van der Waals surface area contributed by atoms with Crippen LogP contribution in [0.1, 0.15) is 37.0 Å². The van der Waals surface area contributed by atoms with Crippen molar-refractivity contribution in [2.45, 2.75) is 38.8 Å². The van der Waals surface area contributed by atoms with Crippen molar-refractivity contribution in [1.29, 1.82) is 0 Å². The summed E-state index contributed by atoms with van der Waals surface area (Å²) < 4.78 is 13.7. The van der Waals surface area contributed by atoms with Gasteiger partial charge in [-0.2, -0.15) is 0 Å². The fraction of sp³-hybridized carbons (Fsp3) is 0.529. The van der Waals surface area contributed by atoms with E-state index < -0.39 is 17.8 Å². The number of benzene rings is 1. The minimum absolute atomic E-state index is 0. The van der Waals surface area contributed by atoms with E-state index in [0.717, 1.165) is 25.9 Å². The first-order valence-electron chi connectivity index (χ1n) is 8.05. The summed E-state index contributed by atoms with van der Waals surface area (Å²) in [5, 5.41) is 8.88. The number of piperidine rings is 1. The third-order valence-electron chi connectivity index (χ3n) is 4.04. The predicted octanol–water partition coefficient (Wildman–Crippen LogP) is 1.87. The van der Waals surface area contributed by atoms with E-state index in [4.69, 9.17) is 0 Å². The van der Waals surface area contributed by atoms with E-state index in [1.807, 2.05) is 13.8 Å². The second-order valence-electron chi connectivity index (χ2n) is 6.21. The molecule has 2 rings (SSSR count). The molecule has 2 amide bonds. The quantitative estimate of drug-likeness (QED) is 0.753. The van der Waals surface area contributed by atoms with Crippen molar-refractivity contribution in [1.82, 2.24) is 16.0 Å². The van der Waals surface area contributed by atoms with E-state index in [-0.39, 0.29) is 35.8 Å². The highest BCUT2D eigenvalue weighted by atomic mass is 35.5. The molecule has 1 unspecified atom stereocenters. The van der Waals surface area contributed by atoms with Gasteiger partial charge in [0, 0.05) is 6.04 Å². The van der Waals surface area contributed by atoms with Crippen LogP contribution in [0.2, 0.25) is 0 Å². The molecule has 3 N–H and O–H groups in total. The predicted molar refractivity (Wildman–Crippen MR) is 93.8 cm³/mol. The van der Waals surface area contributed by atoms with Crippen LogP contribution in [0.15, 0.2) is 24.3 Å². The molecule has 1 saturated heterocycles. The minimum atomic E-state index is -0.683. The number of amides is 2. The number of nitrogens with one attached hydrogen (secondary N) is 3. The lowest BCUT2D eigenvalue weighted by atomic mass is 10.0. The zero-order chi connectivity index (χ0) is 16.8. The van der Waals surface area contributed by atoms with Gasteiger partial charge in [0.05, 0.1) is 5.56 Å². The molecule has 1 aromatic rings. The number of carbonyl (C=O) groups is 2. The SMILES string of the molecule is CC(C)C(NC(=O)c1ccccc1F)C(=O)NC1CCNCC1.Cl. The van der Waals surface area contributed by atoms with Gasteiger partial charge in [-0.1, -0.05) is 26.0 Å². The largest absolute Gasteiger partial charge is 0.351 e. The molecule has 1 aromatic carbocycles. The fourth-order valence-electron chi connectivity index (χ4n) is 2.66. The summed E-state index contributed by atoms with van der Waals surface area (Å²) in [5.41, 5.74) is -0.0483. The number of hydrogen-bond donors (Lipinski definition) is 3. The molecular formula is C17H25ClFN3O2. The first kappa shape index (κ1) is 20.4. The van der Waals surface area contributed by atoms with Crippen LogP contribution >= 0.6 is 12.4 Å².